The average Bonchev–Trinajstić information content (AvgIpc) is 2.45. The first-order valence-electron chi connectivity index (χ1n) is 7.20. The van der Waals surface area contributed by atoms with Gasteiger partial charge in [-0.1, -0.05) is 12.5 Å². The first-order valence-corrected chi connectivity index (χ1v) is 7.99. The average molecular weight is 340 g/mol. The van der Waals surface area contributed by atoms with Gasteiger partial charge in [-0.15, -0.1) is 0 Å². The maximum Gasteiger partial charge on any atom is 0.251 e. The Balaban J connectivity index is 2.22. The Bertz CT molecular complexity index is 472. The lowest BCUT2D eigenvalue weighted by Crippen LogP contribution is -2.44. The van der Waals surface area contributed by atoms with Crippen molar-refractivity contribution in [2.75, 3.05) is 24.5 Å². The second kappa shape index (κ2) is 7.09. The number of anilines is 1. The van der Waals surface area contributed by atoms with Crippen molar-refractivity contribution in [3.05, 3.63) is 28.2 Å². The van der Waals surface area contributed by atoms with Crippen LogP contribution in [0.15, 0.2) is 22.7 Å². The molecule has 1 amide bonds. The predicted octanol–water partition coefficient (Wildman–Crippen LogP) is 2.52. The molecule has 1 atom stereocenters. The Morgan fingerprint density at radius 1 is 1.50 bits per heavy atom. The van der Waals surface area contributed by atoms with Crippen LogP contribution in [0.2, 0.25) is 0 Å². The zero-order valence-electron chi connectivity index (χ0n) is 11.9. The summed E-state index contributed by atoms with van der Waals surface area (Å²) in [5.74, 6) is -0.387. The maximum atomic E-state index is 11.7. The number of halogens is 1. The number of hydrogen-bond donors (Lipinski definition) is 2. The van der Waals surface area contributed by atoms with Gasteiger partial charge in [-0.3, -0.25) is 4.79 Å². The van der Waals surface area contributed by atoms with Gasteiger partial charge in [0.05, 0.1) is 11.3 Å². The number of carbonyl (C=O) groups is 1. The van der Waals surface area contributed by atoms with Crippen LogP contribution in [0.3, 0.4) is 0 Å². The topological polar surface area (TPSA) is 58.4 Å². The Morgan fingerprint density at radius 3 is 2.90 bits per heavy atom. The molecule has 0 bridgehead atoms. The third-order valence-electron chi connectivity index (χ3n) is 3.81. The van der Waals surface area contributed by atoms with Gasteiger partial charge >= 0.3 is 0 Å². The fraction of sp³-hybridized carbons (Fsp3) is 0.533. The van der Waals surface area contributed by atoms with Crippen LogP contribution in [0.5, 0.6) is 0 Å². The fourth-order valence-electron chi connectivity index (χ4n) is 2.76. The van der Waals surface area contributed by atoms with Crippen molar-refractivity contribution in [2.24, 2.45) is 5.73 Å². The number of likely N-dealkylation sites (N-methyl/N-ethyl adjacent to an activating group) is 1. The van der Waals surface area contributed by atoms with Gasteiger partial charge in [0.15, 0.2) is 0 Å². The van der Waals surface area contributed by atoms with Gasteiger partial charge in [-0.05, 0) is 54.4 Å². The molecule has 5 heteroatoms. The van der Waals surface area contributed by atoms with E-state index in [0.29, 0.717) is 11.6 Å². The Kier molecular flexibility index (Phi) is 5.43. The number of benzene rings is 1. The van der Waals surface area contributed by atoms with Crippen molar-refractivity contribution in [1.29, 1.82) is 0 Å². The molecule has 20 heavy (non-hydrogen) atoms. The van der Waals surface area contributed by atoms with Gasteiger partial charge in [0.25, 0.3) is 5.91 Å². The number of amides is 1. The van der Waals surface area contributed by atoms with E-state index in [-0.39, 0.29) is 5.91 Å². The molecule has 0 aliphatic carbocycles. The summed E-state index contributed by atoms with van der Waals surface area (Å²) in [4.78, 5) is 13.9. The zero-order valence-corrected chi connectivity index (χ0v) is 13.4. The number of rotatable bonds is 5. The van der Waals surface area contributed by atoms with Crippen molar-refractivity contribution >= 4 is 27.5 Å². The lowest BCUT2D eigenvalue weighted by Gasteiger charge is -2.32. The largest absolute Gasteiger partial charge is 0.370 e. The monoisotopic (exact) mass is 339 g/mol. The van der Waals surface area contributed by atoms with Crippen molar-refractivity contribution in [3.8, 4) is 0 Å². The lowest BCUT2D eigenvalue weighted by molar-refractivity contribution is 0.1000. The molecule has 2 rings (SSSR count). The molecule has 3 N–H and O–H groups in total. The Morgan fingerprint density at radius 2 is 2.30 bits per heavy atom. The molecule has 1 fully saturated rings. The number of carbonyl (C=O) groups excluding carboxylic acids is 1. The van der Waals surface area contributed by atoms with Crippen LogP contribution in [-0.2, 0) is 0 Å². The number of nitrogens with zero attached hydrogens (tertiary/aromatic N) is 1. The second-order valence-electron chi connectivity index (χ2n) is 5.18. The zero-order chi connectivity index (χ0) is 14.5. The molecule has 0 spiro atoms. The van der Waals surface area contributed by atoms with Gasteiger partial charge in [0, 0.05) is 23.6 Å². The highest BCUT2D eigenvalue weighted by molar-refractivity contribution is 9.10. The van der Waals surface area contributed by atoms with E-state index in [1.54, 1.807) is 0 Å². The minimum absolute atomic E-state index is 0.387. The fourth-order valence-corrected chi connectivity index (χ4v) is 3.31. The summed E-state index contributed by atoms with van der Waals surface area (Å²) >= 11 is 3.43. The van der Waals surface area contributed by atoms with Gasteiger partial charge in [-0.25, -0.2) is 0 Å². The minimum Gasteiger partial charge on any atom is -0.370 e. The molecule has 1 aromatic carbocycles. The number of nitrogens with one attached hydrogen (secondary N) is 1. The second-order valence-corrected chi connectivity index (χ2v) is 6.04. The summed E-state index contributed by atoms with van der Waals surface area (Å²) in [6, 6.07) is 6.26. The molecule has 0 aromatic heterocycles. The van der Waals surface area contributed by atoms with Gasteiger partial charge in [-0.2, -0.15) is 0 Å². The first kappa shape index (κ1) is 15.3. The summed E-state index contributed by atoms with van der Waals surface area (Å²) in [6.45, 7) is 4.96. The van der Waals surface area contributed by atoms with E-state index in [4.69, 9.17) is 5.73 Å². The normalized spacial score (nSPS) is 18.8. The Hall–Kier alpha value is -1.07. The third-order valence-corrected chi connectivity index (χ3v) is 4.47. The van der Waals surface area contributed by atoms with Crippen LogP contribution >= 0.6 is 15.9 Å². The van der Waals surface area contributed by atoms with E-state index in [2.05, 4.69) is 33.1 Å². The van der Waals surface area contributed by atoms with E-state index in [1.165, 1.54) is 19.3 Å². The van der Waals surface area contributed by atoms with E-state index < -0.39 is 0 Å². The van der Waals surface area contributed by atoms with Crippen molar-refractivity contribution in [2.45, 2.75) is 32.2 Å². The van der Waals surface area contributed by atoms with Gasteiger partial charge < -0.3 is 16.0 Å². The van der Waals surface area contributed by atoms with Crippen LogP contribution in [-0.4, -0.2) is 31.6 Å². The van der Waals surface area contributed by atoms with E-state index in [9.17, 15) is 4.79 Å². The lowest BCUT2D eigenvalue weighted by atomic mass is 10.0. The standard InChI is InChI=1S/C15H22BrN3O/c1-2-19(10-11-6-3-4-9-18-11)13-8-5-7-12(16)14(13)15(17)20/h5,7-8,11,18H,2-4,6,9-10H2,1H3,(H2,17,20). The van der Waals surface area contributed by atoms with Crippen molar-refractivity contribution in [3.63, 3.8) is 0 Å². The molecule has 1 unspecified atom stereocenters. The van der Waals surface area contributed by atoms with E-state index >= 15 is 0 Å². The van der Waals surface area contributed by atoms with Crippen LogP contribution in [0, 0.1) is 0 Å². The van der Waals surface area contributed by atoms with Crippen molar-refractivity contribution in [1.82, 2.24) is 5.32 Å². The van der Waals surface area contributed by atoms with Gasteiger partial charge in [0.1, 0.15) is 0 Å². The van der Waals surface area contributed by atoms with Gasteiger partial charge in [0.2, 0.25) is 0 Å². The maximum absolute atomic E-state index is 11.7. The van der Waals surface area contributed by atoms with Crippen LogP contribution in [0.25, 0.3) is 0 Å². The van der Waals surface area contributed by atoms with Crippen LogP contribution < -0.4 is 16.0 Å². The SMILES string of the molecule is CCN(CC1CCCCN1)c1cccc(Br)c1C(N)=O. The van der Waals surface area contributed by atoms with Crippen LogP contribution in [0.4, 0.5) is 5.69 Å². The van der Waals surface area contributed by atoms with E-state index in [1.807, 2.05) is 18.2 Å². The molecular weight excluding hydrogens is 318 g/mol. The molecule has 4 nitrogen and oxygen atoms in total. The number of nitrogens with two attached hydrogens (primary N) is 1. The molecule has 1 saturated heterocycles. The molecular formula is C15H22BrN3O. The first-order chi connectivity index (χ1) is 9.63. The number of hydrogen-bond acceptors (Lipinski definition) is 3. The Labute approximate surface area is 128 Å². The summed E-state index contributed by atoms with van der Waals surface area (Å²) < 4.78 is 0.762. The highest BCUT2D eigenvalue weighted by Crippen LogP contribution is 2.28. The molecule has 110 valence electrons. The van der Waals surface area contributed by atoms with Crippen LogP contribution in [0.1, 0.15) is 36.5 Å². The highest BCUT2D eigenvalue weighted by Gasteiger charge is 2.20. The predicted molar refractivity (Wildman–Crippen MR) is 86.2 cm³/mol. The van der Waals surface area contributed by atoms with E-state index in [0.717, 1.165) is 29.8 Å². The third kappa shape index (κ3) is 3.52. The number of piperidine rings is 1. The summed E-state index contributed by atoms with van der Waals surface area (Å²) in [5.41, 5.74) is 7.02. The summed E-state index contributed by atoms with van der Waals surface area (Å²) in [6.07, 6.45) is 3.72. The molecule has 1 aliphatic rings. The summed E-state index contributed by atoms with van der Waals surface area (Å²) in [5, 5.41) is 3.55. The molecule has 0 saturated carbocycles. The summed E-state index contributed by atoms with van der Waals surface area (Å²) in [7, 11) is 0. The molecule has 1 aromatic rings. The quantitative estimate of drug-likeness (QED) is 0.866. The molecule has 1 aliphatic heterocycles. The highest BCUT2D eigenvalue weighted by atomic mass is 79.9. The van der Waals surface area contributed by atoms with Crippen molar-refractivity contribution < 1.29 is 4.79 Å². The minimum atomic E-state index is -0.387. The smallest absolute Gasteiger partial charge is 0.251 e. The number of primary amides is 1. The molecule has 1 heterocycles. The molecule has 0 radical (unpaired) electrons.